The average molecular weight is 392 g/mol. The second kappa shape index (κ2) is 7.44. The maximum Gasteiger partial charge on any atom is 0.337 e. The molecule has 1 aromatic carbocycles. The van der Waals surface area contributed by atoms with E-state index in [0.717, 1.165) is 17.1 Å². The molecule has 28 heavy (non-hydrogen) atoms. The number of carbonyl (C=O) groups is 1. The van der Waals surface area contributed by atoms with Gasteiger partial charge in [-0.15, -0.1) is 0 Å². The molecule has 0 radical (unpaired) electrons. The number of methoxy groups -OCH3 is 1. The van der Waals surface area contributed by atoms with Gasteiger partial charge in [-0.3, -0.25) is 4.98 Å². The molecular formula is C21H20N4O2S. The van der Waals surface area contributed by atoms with E-state index in [1.165, 1.54) is 7.11 Å². The standard InChI is InChI=1S/C21H20N4O2S/c1-24-19(18(23-21(24)28)16-6-3-4-12-22-16)17-7-5-13-25(17)15-10-8-14(9-11-15)20(26)27-2/h3-13,18-19H,1-2H3,(H,23,28)/t18-,19-/m1/s1. The summed E-state index contributed by atoms with van der Waals surface area (Å²) in [6.45, 7) is 0. The third-order valence-corrected chi connectivity index (χ3v) is 5.39. The third kappa shape index (κ3) is 3.14. The summed E-state index contributed by atoms with van der Waals surface area (Å²) in [6.07, 6.45) is 3.80. The molecule has 3 heterocycles. The van der Waals surface area contributed by atoms with E-state index in [4.69, 9.17) is 17.0 Å². The van der Waals surface area contributed by atoms with Crippen LogP contribution in [0.25, 0.3) is 5.69 Å². The van der Waals surface area contributed by atoms with Gasteiger partial charge >= 0.3 is 5.97 Å². The van der Waals surface area contributed by atoms with Crippen molar-refractivity contribution in [2.24, 2.45) is 0 Å². The number of esters is 1. The van der Waals surface area contributed by atoms with Crippen molar-refractivity contribution in [2.75, 3.05) is 14.2 Å². The van der Waals surface area contributed by atoms with Crippen molar-refractivity contribution in [3.8, 4) is 5.69 Å². The fourth-order valence-corrected chi connectivity index (χ4v) is 3.82. The van der Waals surface area contributed by atoms with E-state index in [-0.39, 0.29) is 18.1 Å². The maximum atomic E-state index is 11.7. The Morgan fingerprint density at radius 2 is 1.93 bits per heavy atom. The molecule has 1 N–H and O–H groups in total. The number of benzene rings is 1. The number of rotatable bonds is 4. The van der Waals surface area contributed by atoms with Crippen LogP contribution in [0.15, 0.2) is 67.0 Å². The zero-order valence-electron chi connectivity index (χ0n) is 15.6. The van der Waals surface area contributed by atoms with E-state index in [1.54, 1.807) is 18.3 Å². The van der Waals surface area contributed by atoms with Crippen molar-refractivity contribution in [2.45, 2.75) is 12.1 Å². The topological polar surface area (TPSA) is 59.4 Å². The Hall–Kier alpha value is -3.19. The molecule has 0 spiro atoms. The van der Waals surface area contributed by atoms with Gasteiger partial charge in [0.2, 0.25) is 0 Å². The number of aromatic nitrogens is 2. The first-order valence-corrected chi connectivity index (χ1v) is 9.31. The molecule has 0 amide bonds. The Morgan fingerprint density at radius 1 is 1.14 bits per heavy atom. The van der Waals surface area contributed by atoms with Gasteiger partial charge in [-0.25, -0.2) is 4.79 Å². The van der Waals surface area contributed by atoms with Crippen LogP contribution in [0.3, 0.4) is 0 Å². The van der Waals surface area contributed by atoms with Gasteiger partial charge < -0.3 is 19.5 Å². The number of hydrogen-bond acceptors (Lipinski definition) is 4. The lowest BCUT2D eigenvalue weighted by molar-refractivity contribution is 0.0601. The van der Waals surface area contributed by atoms with Crippen LogP contribution >= 0.6 is 12.2 Å². The van der Waals surface area contributed by atoms with Crippen molar-refractivity contribution in [1.82, 2.24) is 19.8 Å². The molecule has 0 aliphatic carbocycles. The number of pyridine rings is 1. The van der Waals surface area contributed by atoms with E-state index in [1.807, 2.05) is 49.6 Å². The number of carbonyl (C=O) groups excluding carboxylic acids is 1. The monoisotopic (exact) mass is 392 g/mol. The zero-order chi connectivity index (χ0) is 19.7. The summed E-state index contributed by atoms with van der Waals surface area (Å²) >= 11 is 5.52. The maximum absolute atomic E-state index is 11.7. The number of nitrogens with one attached hydrogen (secondary N) is 1. The second-order valence-electron chi connectivity index (χ2n) is 6.58. The average Bonchev–Trinajstić information content (AvgIpc) is 3.33. The van der Waals surface area contributed by atoms with Crippen molar-refractivity contribution >= 4 is 23.3 Å². The van der Waals surface area contributed by atoms with Crippen LogP contribution in [0.5, 0.6) is 0 Å². The lowest BCUT2D eigenvalue weighted by atomic mass is 10.0. The predicted octanol–water partition coefficient (Wildman–Crippen LogP) is 3.26. The zero-order valence-corrected chi connectivity index (χ0v) is 16.4. The lowest BCUT2D eigenvalue weighted by Crippen LogP contribution is -2.25. The van der Waals surface area contributed by atoms with Crippen molar-refractivity contribution in [1.29, 1.82) is 0 Å². The molecule has 1 saturated heterocycles. The summed E-state index contributed by atoms with van der Waals surface area (Å²) in [7, 11) is 3.37. The molecule has 142 valence electrons. The predicted molar refractivity (Wildman–Crippen MR) is 110 cm³/mol. The van der Waals surface area contributed by atoms with Crippen LogP contribution < -0.4 is 5.32 Å². The highest BCUT2D eigenvalue weighted by atomic mass is 32.1. The molecule has 4 rings (SSSR count). The highest BCUT2D eigenvalue weighted by molar-refractivity contribution is 7.80. The first kappa shape index (κ1) is 18.2. The number of thiocarbonyl (C=S) groups is 1. The van der Waals surface area contributed by atoms with Crippen LogP contribution in [0, 0.1) is 0 Å². The highest BCUT2D eigenvalue weighted by Gasteiger charge is 2.39. The first-order chi connectivity index (χ1) is 13.6. The summed E-state index contributed by atoms with van der Waals surface area (Å²) in [5, 5.41) is 4.08. The summed E-state index contributed by atoms with van der Waals surface area (Å²) in [6, 6.07) is 17.3. The van der Waals surface area contributed by atoms with Gasteiger partial charge in [0.15, 0.2) is 5.11 Å². The molecule has 3 aromatic rings. The van der Waals surface area contributed by atoms with Crippen LogP contribution in [0.1, 0.15) is 33.8 Å². The summed E-state index contributed by atoms with van der Waals surface area (Å²) in [5.74, 6) is -0.348. The molecule has 0 unspecified atom stereocenters. The minimum atomic E-state index is -0.348. The van der Waals surface area contributed by atoms with Crippen LogP contribution in [-0.2, 0) is 4.74 Å². The molecule has 1 fully saturated rings. The quantitative estimate of drug-likeness (QED) is 0.543. The van der Waals surface area contributed by atoms with Gasteiger partial charge in [0.25, 0.3) is 0 Å². The molecule has 2 aromatic heterocycles. The smallest absolute Gasteiger partial charge is 0.337 e. The summed E-state index contributed by atoms with van der Waals surface area (Å²) in [4.78, 5) is 18.3. The Bertz CT molecular complexity index is 1000. The van der Waals surface area contributed by atoms with E-state index in [0.29, 0.717) is 10.7 Å². The molecule has 1 aliphatic rings. The molecule has 6 nitrogen and oxygen atoms in total. The third-order valence-electron chi connectivity index (χ3n) is 4.99. The van der Waals surface area contributed by atoms with Gasteiger partial charge in [0.1, 0.15) is 0 Å². The SMILES string of the molecule is COC(=O)c1ccc(-n2cccc2[C@@H]2[C@@H](c3ccccn3)NC(=S)N2C)cc1. The fourth-order valence-electron chi connectivity index (χ4n) is 3.57. The Labute approximate surface area is 168 Å². The Kier molecular flexibility index (Phi) is 4.83. The van der Waals surface area contributed by atoms with Gasteiger partial charge in [-0.05, 0) is 60.7 Å². The molecule has 7 heteroatoms. The Morgan fingerprint density at radius 3 is 2.61 bits per heavy atom. The molecule has 0 bridgehead atoms. The largest absolute Gasteiger partial charge is 0.465 e. The molecule has 0 saturated carbocycles. The minimum absolute atomic E-state index is 0.0160. The van der Waals surface area contributed by atoms with Crippen molar-refractivity contribution in [3.05, 3.63) is 83.9 Å². The minimum Gasteiger partial charge on any atom is -0.465 e. The fraction of sp³-hybridized carbons (Fsp3) is 0.190. The number of likely N-dealkylation sites (N-methyl/N-ethyl adjacent to an activating group) is 1. The van der Waals surface area contributed by atoms with Gasteiger partial charge in [-0.2, -0.15) is 0 Å². The normalized spacial score (nSPS) is 18.8. The highest BCUT2D eigenvalue weighted by Crippen LogP contribution is 2.38. The van der Waals surface area contributed by atoms with Crippen LogP contribution in [-0.4, -0.2) is 39.7 Å². The van der Waals surface area contributed by atoms with Crippen LogP contribution in [0.4, 0.5) is 0 Å². The lowest BCUT2D eigenvalue weighted by Gasteiger charge is -2.25. The van der Waals surface area contributed by atoms with Gasteiger partial charge in [0, 0.05) is 30.8 Å². The molecule has 2 atom stereocenters. The first-order valence-electron chi connectivity index (χ1n) is 8.90. The Balaban J connectivity index is 1.73. The molecule has 1 aliphatic heterocycles. The number of hydrogen-bond donors (Lipinski definition) is 1. The van der Waals surface area contributed by atoms with Crippen LogP contribution in [0.2, 0.25) is 0 Å². The van der Waals surface area contributed by atoms with Gasteiger partial charge in [0.05, 0.1) is 30.5 Å². The van der Waals surface area contributed by atoms with Gasteiger partial charge in [-0.1, -0.05) is 6.07 Å². The summed E-state index contributed by atoms with van der Waals surface area (Å²) < 4.78 is 6.88. The van der Waals surface area contributed by atoms with E-state index in [2.05, 4.69) is 25.8 Å². The number of ether oxygens (including phenoxy) is 1. The second-order valence-corrected chi connectivity index (χ2v) is 6.97. The van der Waals surface area contributed by atoms with E-state index in [9.17, 15) is 4.79 Å². The van der Waals surface area contributed by atoms with E-state index >= 15 is 0 Å². The van der Waals surface area contributed by atoms with Crippen molar-refractivity contribution in [3.63, 3.8) is 0 Å². The number of nitrogens with zero attached hydrogens (tertiary/aromatic N) is 3. The van der Waals surface area contributed by atoms with Crippen molar-refractivity contribution < 1.29 is 9.53 Å². The summed E-state index contributed by atoms with van der Waals surface area (Å²) in [5.41, 5.74) is 3.50. The van der Waals surface area contributed by atoms with E-state index < -0.39 is 0 Å². The molecular weight excluding hydrogens is 372 g/mol.